The Kier molecular flexibility index (Phi) is 4.50. The summed E-state index contributed by atoms with van der Waals surface area (Å²) in [6.45, 7) is 7.35. The summed E-state index contributed by atoms with van der Waals surface area (Å²) in [5, 5.41) is 0. The summed E-state index contributed by atoms with van der Waals surface area (Å²) < 4.78 is 15.2. The van der Waals surface area contributed by atoms with Gasteiger partial charge in [-0.2, -0.15) is 0 Å². The van der Waals surface area contributed by atoms with E-state index in [2.05, 4.69) is 6.58 Å². The van der Waals surface area contributed by atoms with Crippen molar-refractivity contribution in [1.82, 2.24) is 0 Å². The average Bonchev–Trinajstić information content (AvgIpc) is 2.00. The fourth-order valence-corrected chi connectivity index (χ4v) is 1.50. The normalized spacial score (nSPS) is 12.8. The zero-order valence-corrected chi connectivity index (χ0v) is 7.80. The van der Waals surface area contributed by atoms with E-state index in [0.717, 1.165) is 0 Å². The van der Waals surface area contributed by atoms with Gasteiger partial charge in [-0.1, -0.05) is 19.9 Å². The van der Waals surface area contributed by atoms with Crippen molar-refractivity contribution in [3.8, 4) is 0 Å². The van der Waals surface area contributed by atoms with Crippen LogP contribution in [0.1, 0.15) is 26.7 Å². The second-order valence-corrected chi connectivity index (χ2v) is 2.96. The standard InChI is InChI=1S/C7H13O3P/c1-4-7(5-2,6-3)10-11(8)9/h4H,1,5-6H2,2-3H3/p+1. The van der Waals surface area contributed by atoms with Crippen LogP contribution in [-0.4, -0.2) is 10.5 Å². The van der Waals surface area contributed by atoms with Crippen molar-refractivity contribution in [2.75, 3.05) is 0 Å². The highest BCUT2D eigenvalue weighted by molar-refractivity contribution is 7.32. The summed E-state index contributed by atoms with van der Waals surface area (Å²) in [5.74, 6) is 0. The van der Waals surface area contributed by atoms with Crippen LogP contribution in [0.2, 0.25) is 0 Å². The molecule has 0 aromatic heterocycles. The van der Waals surface area contributed by atoms with Crippen LogP contribution in [0.3, 0.4) is 0 Å². The molecule has 0 heterocycles. The Morgan fingerprint density at radius 1 is 1.64 bits per heavy atom. The monoisotopic (exact) mass is 177 g/mol. The van der Waals surface area contributed by atoms with E-state index >= 15 is 0 Å². The molecule has 0 saturated heterocycles. The van der Waals surface area contributed by atoms with Gasteiger partial charge in [-0.05, 0) is 12.8 Å². The lowest BCUT2D eigenvalue weighted by Gasteiger charge is -2.18. The highest BCUT2D eigenvalue weighted by Crippen LogP contribution is 2.32. The summed E-state index contributed by atoms with van der Waals surface area (Å²) in [5.41, 5.74) is -0.623. The predicted octanol–water partition coefficient (Wildman–Crippen LogP) is 2.40. The van der Waals surface area contributed by atoms with Crippen molar-refractivity contribution < 1.29 is 14.0 Å². The van der Waals surface area contributed by atoms with Crippen LogP contribution in [-0.2, 0) is 9.09 Å². The minimum absolute atomic E-state index is 0.623. The van der Waals surface area contributed by atoms with Gasteiger partial charge in [0.05, 0.1) is 0 Å². The number of hydrogen-bond donors (Lipinski definition) is 1. The Morgan fingerprint density at radius 2 is 2.09 bits per heavy atom. The van der Waals surface area contributed by atoms with Crippen molar-refractivity contribution in [2.45, 2.75) is 32.3 Å². The maximum Gasteiger partial charge on any atom is 0.695 e. The average molecular weight is 177 g/mol. The molecule has 3 nitrogen and oxygen atoms in total. The molecule has 11 heavy (non-hydrogen) atoms. The van der Waals surface area contributed by atoms with Crippen molar-refractivity contribution >= 4 is 8.25 Å². The molecule has 0 aliphatic carbocycles. The van der Waals surface area contributed by atoms with E-state index in [0.29, 0.717) is 12.8 Å². The maximum absolute atomic E-state index is 10.4. The molecular weight excluding hydrogens is 163 g/mol. The zero-order chi connectivity index (χ0) is 8.91. The number of rotatable bonds is 5. The van der Waals surface area contributed by atoms with E-state index < -0.39 is 13.9 Å². The largest absolute Gasteiger partial charge is 0.695 e. The van der Waals surface area contributed by atoms with E-state index in [1.54, 1.807) is 6.08 Å². The van der Waals surface area contributed by atoms with Gasteiger partial charge >= 0.3 is 8.25 Å². The third-order valence-corrected chi connectivity index (χ3v) is 2.35. The number of hydrogen-bond acceptors (Lipinski definition) is 2. The molecule has 1 atom stereocenters. The summed E-state index contributed by atoms with van der Waals surface area (Å²) in [6, 6.07) is 0. The lowest BCUT2D eigenvalue weighted by Crippen LogP contribution is -2.24. The molecule has 0 aromatic rings. The highest BCUT2D eigenvalue weighted by Gasteiger charge is 2.33. The Labute approximate surface area is 68.0 Å². The van der Waals surface area contributed by atoms with Crippen LogP contribution >= 0.6 is 8.25 Å². The van der Waals surface area contributed by atoms with Crippen LogP contribution in [0.5, 0.6) is 0 Å². The molecule has 0 spiro atoms. The topological polar surface area (TPSA) is 46.5 Å². The third-order valence-electron chi connectivity index (χ3n) is 1.83. The van der Waals surface area contributed by atoms with Crippen LogP contribution < -0.4 is 0 Å². The first-order valence-electron chi connectivity index (χ1n) is 3.59. The Bertz CT molecular complexity index is 152. The molecule has 0 rings (SSSR count). The van der Waals surface area contributed by atoms with E-state index in [9.17, 15) is 4.57 Å². The van der Waals surface area contributed by atoms with Crippen LogP contribution in [0.15, 0.2) is 12.7 Å². The van der Waals surface area contributed by atoms with Crippen LogP contribution in [0.25, 0.3) is 0 Å². The van der Waals surface area contributed by atoms with Gasteiger partial charge in [0.1, 0.15) is 5.60 Å². The molecule has 1 N–H and O–H groups in total. The summed E-state index contributed by atoms with van der Waals surface area (Å²) in [7, 11) is -2.53. The molecule has 0 fully saturated rings. The molecule has 64 valence electrons. The van der Waals surface area contributed by atoms with Gasteiger partial charge in [0, 0.05) is 4.57 Å². The lowest BCUT2D eigenvalue weighted by atomic mass is 9.98. The smallest absolute Gasteiger partial charge is 0.133 e. The molecule has 0 aliphatic heterocycles. The molecule has 0 aromatic carbocycles. The van der Waals surface area contributed by atoms with E-state index in [1.165, 1.54) is 0 Å². The molecule has 0 radical (unpaired) electrons. The third kappa shape index (κ3) is 3.10. The van der Waals surface area contributed by atoms with Crippen molar-refractivity contribution in [3.05, 3.63) is 12.7 Å². The van der Waals surface area contributed by atoms with Crippen molar-refractivity contribution in [3.63, 3.8) is 0 Å². The molecule has 0 amide bonds. The van der Waals surface area contributed by atoms with Crippen LogP contribution in [0.4, 0.5) is 0 Å². The van der Waals surface area contributed by atoms with Gasteiger partial charge < -0.3 is 0 Å². The SMILES string of the molecule is C=CC(CC)(CC)O[P+](=O)O. The van der Waals surface area contributed by atoms with Crippen molar-refractivity contribution in [1.29, 1.82) is 0 Å². The zero-order valence-electron chi connectivity index (χ0n) is 6.91. The van der Waals surface area contributed by atoms with E-state index in [-0.39, 0.29) is 0 Å². The summed E-state index contributed by atoms with van der Waals surface area (Å²) in [6.07, 6.45) is 2.90. The first kappa shape index (κ1) is 10.8. The molecule has 0 bridgehead atoms. The summed E-state index contributed by atoms with van der Waals surface area (Å²) in [4.78, 5) is 8.52. The molecule has 0 aliphatic rings. The molecule has 4 heteroatoms. The van der Waals surface area contributed by atoms with Gasteiger partial charge in [-0.15, -0.1) is 16.0 Å². The summed E-state index contributed by atoms with van der Waals surface area (Å²) >= 11 is 0. The fraction of sp³-hybridized carbons (Fsp3) is 0.714. The van der Waals surface area contributed by atoms with Gasteiger partial charge in [-0.25, -0.2) is 0 Å². The van der Waals surface area contributed by atoms with Gasteiger partial charge in [0.2, 0.25) is 0 Å². The fourth-order valence-electron chi connectivity index (χ4n) is 0.861. The predicted molar refractivity (Wildman–Crippen MR) is 44.4 cm³/mol. The van der Waals surface area contributed by atoms with Gasteiger partial charge in [-0.3, -0.25) is 0 Å². The highest BCUT2D eigenvalue weighted by atomic mass is 31.1. The molecular formula is C7H14O3P+. The Hall–Kier alpha value is -0.240. The Balaban J connectivity index is 4.28. The minimum atomic E-state index is -2.53. The van der Waals surface area contributed by atoms with E-state index in [1.807, 2.05) is 13.8 Å². The quantitative estimate of drug-likeness (QED) is 0.518. The van der Waals surface area contributed by atoms with Gasteiger partial charge in [0.15, 0.2) is 0 Å². The molecule has 1 unspecified atom stereocenters. The first-order chi connectivity index (χ1) is 5.10. The maximum atomic E-state index is 10.4. The Morgan fingerprint density at radius 3 is 2.18 bits per heavy atom. The van der Waals surface area contributed by atoms with Gasteiger partial charge in [0.25, 0.3) is 0 Å². The lowest BCUT2D eigenvalue weighted by molar-refractivity contribution is 0.105. The minimum Gasteiger partial charge on any atom is -0.133 e. The van der Waals surface area contributed by atoms with E-state index in [4.69, 9.17) is 9.42 Å². The van der Waals surface area contributed by atoms with Crippen molar-refractivity contribution in [2.24, 2.45) is 0 Å². The second-order valence-electron chi connectivity index (χ2n) is 2.31. The molecule has 0 saturated carbocycles. The second kappa shape index (κ2) is 4.60. The first-order valence-corrected chi connectivity index (χ1v) is 4.72. The van der Waals surface area contributed by atoms with Crippen LogP contribution in [0, 0.1) is 0 Å².